The quantitative estimate of drug-likeness (QED) is 0.758. The molecule has 0 bridgehead atoms. The van der Waals surface area contributed by atoms with E-state index < -0.39 is 0 Å². The molecule has 1 aromatic carbocycles. The average molecular weight is 205 g/mol. The molecule has 0 spiro atoms. The third-order valence-electron chi connectivity index (χ3n) is 2.79. The van der Waals surface area contributed by atoms with E-state index >= 15 is 0 Å². The zero-order valence-electron chi connectivity index (χ0n) is 9.26. The van der Waals surface area contributed by atoms with Crippen LogP contribution in [0.25, 0.3) is 0 Å². The number of carbonyl (C=O) groups is 1. The second kappa shape index (κ2) is 3.26. The van der Waals surface area contributed by atoms with Gasteiger partial charge in [0.15, 0.2) is 0 Å². The van der Waals surface area contributed by atoms with Crippen LogP contribution in [0.3, 0.4) is 0 Å². The first-order chi connectivity index (χ1) is 7.04. The Morgan fingerprint density at radius 2 is 2.20 bits per heavy atom. The summed E-state index contributed by atoms with van der Waals surface area (Å²) >= 11 is 0. The lowest BCUT2D eigenvalue weighted by Gasteiger charge is -2.14. The Morgan fingerprint density at radius 1 is 1.47 bits per heavy atom. The van der Waals surface area contributed by atoms with Crippen molar-refractivity contribution in [3.63, 3.8) is 0 Å². The van der Waals surface area contributed by atoms with Crippen LogP contribution in [0.2, 0.25) is 0 Å². The number of hydrogen-bond donors (Lipinski definition) is 1. The minimum Gasteiger partial charge on any atom is -0.492 e. The Morgan fingerprint density at radius 3 is 2.87 bits per heavy atom. The average Bonchev–Trinajstić information content (AvgIpc) is 2.53. The van der Waals surface area contributed by atoms with Crippen molar-refractivity contribution in [2.24, 2.45) is 0 Å². The smallest absolute Gasteiger partial charge is 0.251 e. The highest BCUT2D eigenvalue weighted by molar-refractivity contribution is 5.94. The van der Waals surface area contributed by atoms with Crippen LogP contribution in [0, 0.1) is 0 Å². The summed E-state index contributed by atoms with van der Waals surface area (Å²) in [4.78, 5) is 11.4. The van der Waals surface area contributed by atoms with Gasteiger partial charge in [-0.25, -0.2) is 0 Å². The first kappa shape index (κ1) is 10.0. The fourth-order valence-electron chi connectivity index (χ4n) is 1.82. The SMILES string of the molecule is CNC(=O)c1ccc2c(c1)OCC2(C)C. The Labute approximate surface area is 89.4 Å². The molecule has 0 saturated carbocycles. The van der Waals surface area contributed by atoms with Crippen molar-refractivity contribution < 1.29 is 9.53 Å². The maximum Gasteiger partial charge on any atom is 0.251 e. The van der Waals surface area contributed by atoms with Gasteiger partial charge < -0.3 is 10.1 Å². The lowest BCUT2D eigenvalue weighted by molar-refractivity contribution is 0.0963. The lowest BCUT2D eigenvalue weighted by Crippen LogP contribution is -2.19. The van der Waals surface area contributed by atoms with Crippen LogP contribution in [-0.4, -0.2) is 19.6 Å². The molecule has 1 amide bonds. The maximum atomic E-state index is 11.4. The monoisotopic (exact) mass is 205 g/mol. The van der Waals surface area contributed by atoms with Gasteiger partial charge in [-0.2, -0.15) is 0 Å². The zero-order chi connectivity index (χ0) is 11.1. The van der Waals surface area contributed by atoms with Crippen LogP contribution < -0.4 is 10.1 Å². The van der Waals surface area contributed by atoms with E-state index in [9.17, 15) is 4.79 Å². The fraction of sp³-hybridized carbons (Fsp3) is 0.417. The summed E-state index contributed by atoms with van der Waals surface area (Å²) in [5, 5.41) is 2.60. The van der Waals surface area contributed by atoms with E-state index in [1.54, 1.807) is 7.05 Å². The van der Waals surface area contributed by atoms with Crippen molar-refractivity contribution in [2.75, 3.05) is 13.7 Å². The van der Waals surface area contributed by atoms with Crippen molar-refractivity contribution >= 4 is 5.91 Å². The molecule has 0 fully saturated rings. The van der Waals surface area contributed by atoms with Gasteiger partial charge in [-0.1, -0.05) is 19.9 Å². The van der Waals surface area contributed by atoms with Crippen molar-refractivity contribution in [1.82, 2.24) is 5.32 Å². The highest BCUT2D eigenvalue weighted by atomic mass is 16.5. The van der Waals surface area contributed by atoms with Crippen molar-refractivity contribution in [3.8, 4) is 5.75 Å². The normalized spacial score (nSPS) is 16.7. The van der Waals surface area contributed by atoms with Crippen LogP contribution in [-0.2, 0) is 5.41 Å². The van der Waals surface area contributed by atoms with Gasteiger partial charge in [0, 0.05) is 23.6 Å². The molecule has 0 aromatic heterocycles. The molecule has 0 aliphatic carbocycles. The minimum atomic E-state index is -0.0777. The van der Waals surface area contributed by atoms with Crippen molar-refractivity contribution in [1.29, 1.82) is 0 Å². The topological polar surface area (TPSA) is 38.3 Å². The number of ether oxygens (including phenoxy) is 1. The summed E-state index contributed by atoms with van der Waals surface area (Å²) in [5.41, 5.74) is 1.88. The number of hydrogen-bond acceptors (Lipinski definition) is 2. The van der Waals surface area contributed by atoms with Crippen LogP contribution >= 0.6 is 0 Å². The largest absolute Gasteiger partial charge is 0.492 e. The van der Waals surface area contributed by atoms with Crippen molar-refractivity contribution in [3.05, 3.63) is 29.3 Å². The molecule has 3 heteroatoms. The van der Waals surface area contributed by atoms with E-state index in [-0.39, 0.29) is 11.3 Å². The van der Waals surface area contributed by atoms with Crippen LogP contribution in [0.4, 0.5) is 0 Å². The van der Waals surface area contributed by atoms with Gasteiger partial charge >= 0.3 is 0 Å². The number of amides is 1. The van der Waals surface area contributed by atoms with Gasteiger partial charge in [-0.3, -0.25) is 4.79 Å². The summed E-state index contributed by atoms with van der Waals surface area (Å²) in [6.45, 7) is 4.95. The summed E-state index contributed by atoms with van der Waals surface area (Å²) in [7, 11) is 1.63. The van der Waals surface area contributed by atoms with E-state index in [0.29, 0.717) is 12.2 Å². The third kappa shape index (κ3) is 1.58. The van der Waals surface area contributed by atoms with E-state index in [2.05, 4.69) is 19.2 Å². The van der Waals surface area contributed by atoms with E-state index in [1.165, 1.54) is 5.56 Å². The van der Waals surface area contributed by atoms with Crippen LogP contribution in [0.15, 0.2) is 18.2 Å². The van der Waals surface area contributed by atoms with Gasteiger partial charge in [0.25, 0.3) is 5.91 Å². The third-order valence-corrected chi connectivity index (χ3v) is 2.79. The molecule has 1 aliphatic rings. The van der Waals surface area contributed by atoms with Crippen LogP contribution in [0.1, 0.15) is 29.8 Å². The van der Waals surface area contributed by atoms with Gasteiger partial charge in [-0.05, 0) is 12.1 Å². The Hall–Kier alpha value is -1.51. The van der Waals surface area contributed by atoms with E-state index in [0.717, 1.165) is 5.75 Å². The molecule has 80 valence electrons. The summed E-state index contributed by atoms with van der Waals surface area (Å²) in [6, 6.07) is 5.63. The molecule has 15 heavy (non-hydrogen) atoms. The standard InChI is InChI=1S/C12H15NO2/c1-12(2)7-15-10-6-8(11(14)13-3)4-5-9(10)12/h4-6H,7H2,1-3H3,(H,13,14). The van der Waals surface area contributed by atoms with E-state index in [1.807, 2.05) is 18.2 Å². The van der Waals surface area contributed by atoms with Gasteiger partial charge in [0.2, 0.25) is 0 Å². The molecule has 0 radical (unpaired) electrons. The highest BCUT2D eigenvalue weighted by Gasteiger charge is 2.31. The van der Waals surface area contributed by atoms with Crippen molar-refractivity contribution in [2.45, 2.75) is 19.3 Å². The zero-order valence-corrected chi connectivity index (χ0v) is 9.26. The fourth-order valence-corrected chi connectivity index (χ4v) is 1.82. The first-order valence-electron chi connectivity index (χ1n) is 5.04. The highest BCUT2D eigenvalue weighted by Crippen LogP contribution is 2.38. The minimum absolute atomic E-state index is 0.0521. The summed E-state index contributed by atoms with van der Waals surface area (Å²) in [5.74, 6) is 0.757. The molecule has 1 N–H and O–H groups in total. The second-order valence-electron chi connectivity index (χ2n) is 4.46. The number of fused-ring (bicyclic) bond motifs is 1. The molecule has 2 rings (SSSR count). The molecule has 0 saturated heterocycles. The predicted molar refractivity (Wildman–Crippen MR) is 58.4 cm³/mol. The Kier molecular flexibility index (Phi) is 2.18. The molecule has 1 aliphatic heterocycles. The molecule has 0 atom stereocenters. The number of carbonyl (C=O) groups excluding carboxylic acids is 1. The van der Waals surface area contributed by atoms with Gasteiger partial charge in [0.05, 0.1) is 6.61 Å². The molecular formula is C12H15NO2. The first-order valence-corrected chi connectivity index (χ1v) is 5.04. The maximum absolute atomic E-state index is 11.4. The van der Waals surface area contributed by atoms with E-state index in [4.69, 9.17) is 4.74 Å². The second-order valence-corrected chi connectivity index (χ2v) is 4.46. The van der Waals surface area contributed by atoms with Crippen LogP contribution in [0.5, 0.6) is 5.75 Å². The Bertz CT molecular complexity index is 410. The predicted octanol–water partition coefficient (Wildman–Crippen LogP) is 1.72. The number of benzene rings is 1. The Balaban J connectivity index is 2.42. The molecule has 3 nitrogen and oxygen atoms in total. The lowest BCUT2D eigenvalue weighted by atomic mass is 9.86. The molecule has 1 heterocycles. The van der Waals surface area contributed by atoms with Gasteiger partial charge in [-0.15, -0.1) is 0 Å². The molecule has 0 unspecified atom stereocenters. The number of nitrogens with one attached hydrogen (secondary N) is 1. The summed E-state index contributed by atoms with van der Waals surface area (Å²) < 4.78 is 5.57. The number of rotatable bonds is 1. The van der Waals surface area contributed by atoms with Gasteiger partial charge in [0.1, 0.15) is 5.75 Å². The summed E-state index contributed by atoms with van der Waals surface area (Å²) in [6.07, 6.45) is 0. The molecular weight excluding hydrogens is 190 g/mol. The molecule has 1 aromatic rings.